The number of benzene rings is 1. The molecule has 0 unspecified atom stereocenters. The van der Waals surface area contributed by atoms with Gasteiger partial charge in [-0.3, -0.25) is 9.78 Å². The molecule has 0 radical (unpaired) electrons. The van der Waals surface area contributed by atoms with Crippen LogP contribution in [-0.4, -0.2) is 25.4 Å². The zero-order valence-electron chi connectivity index (χ0n) is 13.5. The molecule has 0 saturated carbocycles. The SMILES string of the molecule is CC(=O)c1cc2c(-c3ccccc3)nc(N)n2nc1-c1cccnc1. The summed E-state index contributed by atoms with van der Waals surface area (Å²) in [4.78, 5) is 20.8. The van der Waals surface area contributed by atoms with Gasteiger partial charge < -0.3 is 5.73 Å². The van der Waals surface area contributed by atoms with Gasteiger partial charge in [0.15, 0.2) is 5.78 Å². The third-order valence-corrected chi connectivity index (χ3v) is 4.01. The van der Waals surface area contributed by atoms with Crippen LogP contribution in [0.2, 0.25) is 0 Å². The first-order valence-electron chi connectivity index (χ1n) is 7.81. The van der Waals surface area contributed by atoms with E-state index in [2.05, 4.69) is 15.1 Å². The average molecular weight is 329 g/mol. The highest BCUT2D eigenvalue weighted by Crippen LogP contribution is 2.29. The molecule has 3 heterocycles. The summed E-state index contributed by atoms with van der Waals surface area (Å²) in [5.74, 6) is 0.196. The van der Waals surface area contributed by atoms with Crippen LogP contribution < -0.4 is 5.73 Å². The molecule has 122 valence electrons. The predicted molar refractivity (Wildman–Crippen MR) is 96.1 cm³/mol. The minimum atomic E-state index is -0.0763. The first-order chi connectivity index (χ1) is 12.1. The standard InChI is InChI=1S/C19H15N5O/c1-12(25)15-10-16-18(13-6-3-2-4-7-13)22-19(20)24(16)23-17(15)14-8-5-9-21-11-14/h2-11H,1H3,(H2,20,22). The number of carbonyl (C=O) groups excluding carboxylic acids is 1. The summed E-state index contributed by atoms with van der Waals surface area (Å²) in [6.07, 6.45) is 3.35. The predicted octanol–water partition coefficient (Wildman–Crippen LogP) is 3.24. The van der Waals surface area contributed by atoms with Crippen LogP contribution >= 0.6 is 0 Å². The Morgan fingerprint density at radius 1 is 1.04 bits per heavy atom. The molecule has 4 rings (SSSR count). The molecule has 25 heavy (non-hydrogen) atoms. The second-order valence-corrected chi connectivity index (χ2v) is 5.69. The Labute approximate surface area is 144 Å². The maximum atomic E-state index is 12.2. The van der Waals surface area contributed by atoms with E-state index in [1.807, 2.05) is 36.4 Å². The van der Waals surface area contributed by atoms with Crippen LogP contribution in [0.5, 0.6) is 0 Å². The number of carbonyl (C=O) groups is 1. The normalized spacial score (nSPS) is 10.9. The third kappa shape index (κ3) is 2.53. The van der Waals surface area contributed by atoms with Crippen molar-refractivity contribution in [2.24, 2.45) is 0 Å². The smallest absolute Gasteiger partial charge is 0.222 e. The summed E-state index contributed by atoms with van der Waals surface area (Å²) in [6.45, 7) is 1.52. The lowest BCUT2D eigenvalue weighted by molar-refractivity contribution is 0.101. The Kier molecular flexibility index (Phi) is 3.50. The van der Waals surface area contributed by atoms with Crippen LogP contribution in [0.4, 0.5) is 5.95 Å². The molecule has 3 aromatic heterocycles. The molecule has 2 N–H and O–H groups in total. The Balaban J connectivity index is 2.03. The van der Waals surface area contributed by atoms with E-state index in [1.165, 1.54) is 6.92 Å². The molecule has 6 nitrogen and oxygen atoms in total. The second-order valence-electron chi connectivity index (χ2n) is 5.69. The van der Waals surface area contributed by atoms with Gasteiger partial charge in [-0.1, -0.05) is 30.3 Å². The minimum absolute atomic E-state index is 0.0763. The molecule has 0 atom stereocenters. The Bertz CT molecular complexity index is 1070. The van der Waals surface area contributed by atoms with Crippen LogP contribution in [0.3, 0.4) is 0 Å². The van der Waals surface area contributed by atoms with Crippen molar-refractivity contribution in [2.45, 2.75) is 6.92 Å². The maximum absolute atomic E-state index is 12.2. The van der Waals surface area contributed by atoms with Crippen molar-refractivity contribution in [3.63, 3.8) is 0 Å². The lowest BCUT2D eigenvalue weighted by Crippen LogP contribution is -2.06. The Morgan fingerprint density at radius 2 is 1.80 bits per heavy atom. The molecule has 1 aromatic carbocycles. The summed E-state index contributed by atoms with van der Waals surface area (Å²) in [5.41, 5.74) is 10.2. The zero-order chi connectivity index (χ0) is 17.4. The van der Waals surface area contributed by atoms with Crippen LogP contribution in [0.15, 0.2) is 60.9 Å². The quantitative estimate of drug-likeness (QED) is 0.583. The molecule has 0 saturated heterocycles. The minimum Gasteiger partial charge on any atom is -0.368 e. The Hall–Kier alpha value is -3.54. The largest absolute Gasteiger partial charge is 0.368 e. The van der Waals surface area contributed by atoms with Gasteiger partial charge in [-0.25, -0.2) is 4.98 Å². The fourth-order valence-electron chi connectivity index (χ4n) is 2.83. The number of nitrogens with two attached hydrogens (primary N) is 1. The molecule has 0 aliphatic rings. The van der Waals surface area contributed by atoms with E-state index in [0.717, 1.165) is 11.1 Å². The molecule has 0 bridgehead atoms. The van der Waals surface area contributed by atoms with Gasteiger partial charge in [0.05, 0.1) is 5.52 Å². The van der Waals surface area contributed by atoms with Crippen molar-refractivity contribution in [3.05, 3.63) is 66.5 Å². The molecular weight excluding hydrogens is 314 g/mol. The lowest BCUT2D eigenvalue weighted by atomic mass is 10.0. The first kappa shape index (κ1) is 15.0. The summed E-state index contributed by atoms with van der Waals surface area (Å²) >= 11 is 0. The first-order valence-corrected chi connectivity index (χ1v) is 7.81. The highest BCUT2D eigenvalue weighted by Gasteiger charge is 2.18. The van der Waals surface area contributed by atoms with Crippen molar-refractivity contribution >= 4 is 17.2 Å². The monoisotopic (exact) mass is 329 g/mol. The number of aromatic nitrogens is 4. The van der Waals surface area contributed by atoms with Gasteiger partial charge in [0.25, 0.3) is 0 Å². The van der Waals surface area contributed by atoms with Gasteiger partial charge in [-0.05, 0) is 25.1 Å². The van der Waals surface area contributed by atoms with Gasteiger partial charge in [-0.15, -0.1) is 0 Å². The van der Waals surface area contributed by atoms with Crippen molar-refractivity contribution in [1.29, 1.82) is 0 Å². The van der Waals surface area contributed by atoms with E-state index < -0.39 is 0 Å². The number of rotatable bonds is 3. The number of fused-ring (bicyclic) bond motifs is 1. The molecule has 4 aromatic rings. The highest BCUT2D eigenvalue weighted by atomic mass is 16.1. The number of hydrogen-bond donors (Lipinski definition) is 1. The molecule has 0 aliphatic heterocycles. The van der Waals surface area contributed by atoms with E-state index in [9.17, 15) is 4.79 Å². The lowest BCUT2D eigenvalue weighted by Gasteiger charge is -2.08. The van der Waals surface area contributed by atoms with Gasteiger partial charge in [-0.2, -0.15) is 9.61 Å². The zero-order valence-corrected chi connectivity index (χ0v) is 13.5. The number of ketones is 1. The van der Waals surface area contributed by atoms with Crippen molar-refractivity contribution in [3.8, 4) is 22.5 Å². The Morgan fingerprint density at radius 3 is 2.48 bits per heavy atom. The van der Waals surface area contributed by atoms with E-state index in [0.29, 0.717) is 22.5 Å². The number of imidazole rings is 1. The number of anilines is 1. The van der Waals surface area contributed by atoms with Gasteiger partial charge >= 0.3 is 0 Å². The molecule has 0 fully saturated rings. The average Bonchev–Trinajstić information content (AvgIpc) is 2.98. The molecule has 0 spiro atoms. The highest BCUT2D eigenvalue weighted by molar-refractivity contribution is 6.01. The molecular formula is C19H15N5O. The molecule has 0 aliphatic carbocycles. The summed E-state index contributed by atoms with van der Waals surface area (Å²) in [7, 11) is 0. The van der Waals surface area contributed by atoms with Crippen LogP contribution in [0.1, 0.15) is 17.3 Å². The van der Waals surface area contributed by atoms with Gasteiger partial charge in [0, 0.05) is 29.1 Å². The van der Waals surface area contributed by atoms with Crippen LogP contribution in [-0.2, 0) is 0 Å². The van der Waals surface area contributed by atoms with E-state index in [1.54, 1.807) is 29.0 Å². The molecule has 6 heteroatoms. The number of nitrogens with zero attached hydrogens (tertiary/aromatic N) is 4. The molecule has 0 amide bonds. The summed E-state index contributed by atoms with van der Waals surface area (Å²) in [6, 6.07) is 15.2. The number of hydrogen-bond acceptors (Lipinski definition) is 5. The van der Waals surface area contributed by atoms with Crippen molar-refractivity contribution in [2.75, 3.05) is 5.73 Å². The van der Waals surface area contributed by atoms with Crippen molar-refractivity contribution < 1.29 is 4.79 Å². The third-order valence-electron chi connectivity index (χ3n) is 4.01. The van der Waals surface area contributed by atoms with E-state index in [4.69, 9.17) is 5.73 Å². The van der Waals surface area contributed by atoms with Crippen molar-refractivity contribution in [1.82, 2.24) is 19.6 Å². The fourth-order valence-corrected chi connectivity index (χ4v) is 2.83. The van der Waals surface area contributed by atoms with E-state index >= 15 is 0 Å². The number of pyridine rings is 1. The van der Waals surface area contributed by atoms with E-state index in [-0.39, 0.29) is 11.7 Å². The van der Waals surface area contributed by atoms with Crippen LogP contribution in [0, 0.1) is 0 Å². The van der Waals surface area contributed by atoms with Gasteiger partial charge in [0.2, 0.25) is 5.95 Å². The number of nitrogen functional groups attached to an aromatic ring is 1. The summed E-state index contributed by atoms with van der Waals surface area (Å²) < 4.78 is 1.57. The van der Waals surface area contributed by atoms with Gasteiger partial charge in [0.1, 0.15) is 11.4 Å². The topological polar surface area (TPSA) is 86.2 Å². The maximum Gasteiger partial charge on any atom is 0.222 e. The summed E-state index contributed by atoms with van der Waals surface area (Å²) in [5, 5.41) is 4.58. The van der Waals surface area contributed by atoms with Crippen LogP contribution in [0.25, 0.3) is 28.0 Å². The number of Topliss-reactive ketones (excluding diaryl/α,β-unsaturated/α-hetero) is 1. The fraction of sp³-hybridized carbons (Fsp3) is 0.0526. The second kappa shape index (κ2) is 5.83.